The van der Waals surface area contributed by atoms with Crippen LogP contribution in [0.5, 0.6) is 0 Å². The number of amides is 3. The van der Waals surface area contributed by atoms with E-state index in [0.717, 1.165) is 16.7 Å². The van der Waals surface area contributed by atoms with Crippen LogP contribution in [0.2, 0.25) is 0 Å². The monoisotopic (exact) mass is 515 g/mol. The molecule has 0 radical (unpaired) electrons. The molecule has 0 bridgehead atoms. The maximum atomic E-state index is 13.4. The van der Waals surface area contributed by atoms with Gasteiger partial charge in [0.2, 0.25) is 11.8 Å². The summed E-state index contributed by atoms with van der Waals surface area (Å²) in [4.78, 5) is 50.7. The fourth-order valence-electron chi connectivity index (χ4n) is 3.91. The van der Waals surface area contributed by atoms with E-state index in [0.29, 0.717) is 0 Å². The quantitative estimate of drug-likeness (QED) is 0.337. The van der Waals surface area contributed by atoms with Gasteiger partial charge in [0.15, 0.2) is 6.04 Å². The summed E-state index contributed by atoms with van der Waals surface area (Å²) in [7, 11) is 0. The lowest BCUT2D eigenvalue weighted by molar-refractivity contribution is -0.164. The third-order valence-electron chi connectivity index (χ3n) is 6.01. The summed E-state index contributed by atoms with van der Waals surface area (Å²) >= 11 is 0. The minimum Gasteiger partial charge on any atom is -0.461 e. The van der Waals surface area contributed by atoms with Crippen LogP contribution in [0.15, 0.2) is 91.0 Å². The Morgan fingerprint density at radius 1 is 0.737 bits per heavy atom. The van der Waals surface area contributed by atoms with Crippen molar-refractivity contribution < 1.29 is 28.7 Å². The van der Waals surface area contributed by atoms with Gasteiger partial charge in [0, 0.05) is 12.8 Å². The summed E-state index contributed by atoms with van der Waals surface area (Å²) in [6.07, 6.45) is -0.385. The van der Waals surface area contributed by atoms with Crippen LogP contribution in [-0.4, -0.2) is 48.6 Å². The predicted molar refractivity (Wildman–Crippen MR) is 139 cm³/mol. The zero-order valence-electron chi connectivity index (χ0n) is 20.7. The second-order valence-corrected chi connectivity index (χ2v) is 8.89. The van der Waals surface area contributed by atoms with Gasteiger partial charge in [0.25, 0.3) is 0 Å². The Kier molecular flexibility index (Phi) is 9.07. The molecule has 0 aliphatic carbocycles. The summed E-state index contributed by atoms with van der Waals surface area (Å²) < 4.78 is 10.0. The Morgan fingerprint density at radius 2 is 1.24 bits per heavy atom. The van der Waals surface area contributed by atoms with E-state index in [1.165, 1.54) is 0 Å². The molecule has 1 saturated heterocycles. The van der Waals surface area contributed by atoms with Gasteiger partial charge >= 0.3 is 12.1 Å². The molecule has 3 aromatic carbocycles. The van der Waals surface area contributed by atoms with Crippen LogP contribution in [0.1, 0.15) is 16.7 Å². The van der Waals surface area contributed by atoms with Crippen LogP contribution in [-0.2, 0) is 43.3 Å². The molecule has 4 rings (SSSR count). The fourth-order valence-corrected chi connectivity index (χ4v) is 3.91. The first-order valence-electron chi connectivity index (χ1n) is 12.3. The Balaban J connectivity index is 1.46. The molecule has 1 fully saturated rings. The van der Waals surface area contributed by atoms with Crippen molar-refractivity contribution in [3.63, 3.8) is 0 Å². The lowest BCUT2D eigenvalue weighted by atomic mass is 10.0. The Morgan fingerprint density at radius 3 is 1.71 bits per heavy atom. The van der Waals surface area contributed by atoms with Crippen molar-refractivity contribution in [2.45, 2.75) is 37.6 Å². The maximum Gasteiger partial charge on any atom is 0.408 e. The van der Waals surface area contributed by atoms with Crippen LogP contribution >= 0.6 is 0 Å². The number of nitrogens with one attached hydrogen (secondary N) is 3. The predicted octanol–water partition coefficient (Wildman–Crippen LogP) is 2.29. The molecule has 9 nitrogen and oxygen atoms in total. The van der Waals surface area contributed by atoms with Crippen LogP contribution in [0.3, 0.4) is 0 Å². The van der Waals surface area contributed by atoms with Crippen molar-refractivity contribution in [1.29, 1.82) is 0 Å². The first-order valence-corrected chi connectivity index (χ1v) is 12.3. The average Bonchev–Trinajstić information content (AvgIpc) is 2.94. The van der Waals surface area contributed by atoms with E-state index in [1.807, 2.05) is 91.0 Å². The van der Waals surface area contributed by atoms with Gasteiger partial charge in [0.05, 0.1) is 0 Å². The van der Waals surface area contributed by atoms with Crippen LogP contribution < -0.4 is 16.0 Å². The minimum absolute atomic E-state index is 0.0445. The molecule has 1 heterocycles. The fraction of sp³-hybridized carbons (Fsp3) is 0.241. The van der Waals surface area contributed by atoms with Gasteiger partial charge in [-0.25, -0.2) is 9.59 Å². The van der Waals surface area contributed by atoms with E-state index in [1.54, 1.807) is 0 Å². The zero-order valence-corrected chi connectivity index (χ0v) is 20.7. The average molecular weight is 516 g/mol. The van der Waals surface area contributed by atoms with E-state index >= 15 is 0 Å². The van der Waals surface area contributed by atoms with E-state index in [2.05, 4.69) is 16.0 Å². The molecule has 0 spiro atoms. The molecule has 9 heteroatoms. The van der Waals surface area contributed by atoms with E-state index in [9.17, 15) is 19.2 Å². The number of hydrogen-bond donors (Lipinski definition) is 3. The molecular formula is C29H29N3O6. The number of carbonyl (C=O) groups excluding carboxylic acids is 4. The molecular weight excluding hydrogens is 486 g/mol. The summed E-state index contributed by atoms with van der Waals surface area (Å²) in [5.74, 6) is -1.60. The molecule has 3 amide bonds. The SMILES string of the molecule is O=C(N[C@@H](Cc1ccccc1)C(=O)N[C@@H](Cc1ccccc1)C(=O)N[C@H]1COC1=O)OCc1ccccc1. The van der Waals surface area contributed by atoms with Gasteiger partial charge in [-0.3, -0.25) is 9.59 Å². The molecule has 196 valence electrons. The molecule has 0 unspecified atom stereocenters. The molecule has 3 aromatic rings. The van der Waals surface area contributed by atoms with Crippen molar-refractivity contribution in [3.8, 4) is 0 Å². The smallest absolute Gasteiger partial charge is 0.408 e. The molecule has 1 aliphatic heterocycles. The van der Waals surface area contributed by atoms with Crippen molar-refractivity contribution in [3.05, 3.63) is 108 Å². The van der Waals surface area contributed by atoms with Crippen molar-refractivity contribution >= 4 is 23.9 Å². The van der Waals surface area contributed by atoms with Gasteiger partial charge < -0.3 is 25.4 Å². The summed E-state index contributed by atoms with van der Waals surface area (Å²) in [6, 6.07) is 24.8. The standard InChI is InChI=1S/C29H29N3O6/c33-26(31-25-19-37-28(25)35)23(16-20-10-4-1-5-11-20)30-27(34)24(17-21-12-6-2-7-13-21)32-29(36)38-18-22-14-8-3-9-15-22/h1-15,23-25H,16-19H2,(H,30,34)(H,31,33)(H,32,36)/t23-,24-,25-/m0/s1. The van der Waals surface area contributed by atoms with Gasteiger partial charge in [-0.1, -0.05) is 91.0 Å². The zero-order chi connectivity index (χ0) is 26.7. The Bertz CT molecular complexity index is 1240. The lowest BCUT2D eigenvalue weighted by Gasteiger charge is -2.28. The first-order chi connectivity index (χ1) is 18.5. The van der Waals surface area contributed by atoms with Crippen LogP contribution in [0, 0.1) is 0 Å². The Hall–Kier alpha value is -4.66. The highest BCUT2D eigenvalue weighted by Gasteiger charge is 2.35. The van der Waals surface area contributed by atoms with Gasteiger partial charge in [-0.2, -0.15) is 0 Å². The van der Waals surface area contributed by atoms with E-state index in [-0.39, 0.29) is 26.1 Å². The number of esters is 1. The molecule has 0 saturated carbocycles. The van der Waals surface area contributed by atoms with Crippen LogP contribution in [0.4, 0.5) is 4.79 Å². The molecule has 0 aromatic heterocycles. The number of cyclic esters (lactones) is 1. The highest BCUT2D eigenvalue weighted by molar-refractivity contribution is 5.94. The van der Waals surface area contributed by atoms with Gasteiger partial charge in [-0.15, -0.1) is 0 Å². The highest BCUT2D eigenvalue weighted by Crippen LogP contribution is 2.09. The minimum atomic E-state index is -1.01. The topological polar surface area (TPSA) is 123 Å². The second-order valence-electron chi connectivity index (χ2n) is 8.89. The lowest BCUT2D eigenvalue weighted by Crippen LogP contribution is -2.60. The molecule has 3 N–H and O–H groups in total. The van der Waals surface area contributed by atoms with E-state index < -0.39 is 42.0 Å². The second kappa shape index (κ2) is 13.0. The number of carbonyl (C=O) groups is 4. The number of benzene rings is 3. The van der Waals surface area contributed by atoms with Crippen molar-refractivity contribution in [1.82, 2.24) is 16.0 Å². The maximum absolute atomic E-state index is 13.4. The Labute approximate surface area is 220 Å². The van der Waals surface area contributed by atoms with Gasteiger partial charge in [0.1, 0.15) is 25.3 Å². The van der Waals surface area contributed by atoms with Crippen molar-refractivity contribution in [2.24, 2.45) is 0 Å². The number of ether oxygens (including phenoxy) is 2. The molecule has 1 aliphatic rings. The third-order valence-corrected chi connectivity index (χ3v) is 6.01. The summed E-state index contributed by atoms with van der Waals surface area (Å²) in [5, 5.41) is 8.01. The largest absolute Gasteiger partial charge is 0.461 e. The highest BCUT2D eigenvalue weighted by atomic mass is 16.6. The number of alkyl carbamates (subject to hydrolysis) is 1. The summed E-state index contributed by atoms with van der Waals surface area (Å²) in [6.45, 7) is 0.130. The van der Waals surface area contributed by atoms with E-state index in [4.69, 9.17) is 9.47 Å². The van der Waals surface area contributed by atoms with Gasteiger partial charge in [-0.05, 0) is 16.7 Å². The molecule has 3 atom stereocenters. The van der Waals surface area contributed by atoms with Crippen molar-refractivity contribution in [2.75, 3.05) is 6.61 Å². The first kappa shape index (κ1) is 26.4. The van der Waals surface area contributed by atoms with Crippen LogP contribution in [0.25, 0.3) is 0 Å². The molecule has 38 heavy (non-hydrogen) atoms. The normalized spacial score (nSPS) is 15.7. The summed E-state index contributed by atoms with van der Waals surface area (Å²) in [5.41, 5.74) is 2.44. The number of hydrogen-bond acceptors (Lipinski definition) is 6. The third kappa shape index (κ3) is 7.67. The number of rotatable bonds is 11.